The number of benzene rings is 2. The Bertz CT molecular complexity index is 639. The van der Waals surface area contributed by atoms with Crippen molar-refractivity contribution >= 4 is 11.7 Å². The van der Waals surface area contributed by atoms with Gasteiger partial charge in [-0.2, -0.15) is 0 Å². The van der Waals surface area contributed by atoms with Crippen LogP contribution in [0.1, 0.15) is 32.6 Å². The van der Waals surface area contributed by atoms with Gasteiger partial charge in [0.1, 0.15) is 0 Å². The summed E-state index contributed by atoms with van der Waals surface area (Å²) in [6.07, 6.45) is 0. The fourth-order valence-electron chi connectivity index (χ4n) is 2.63. The van der Waals surface area contributed by atoms with Gasteiger partial charge in [-0.1, -0.05) is 35.9 Å². The summed E-state index contributed by atoms with van der Waals surface area (Å²) >= 11 is 0. The predicted molar refractivity (Wildman–Crippen MR) is 85.8 cm³/mol. The molecule has 0 aliphatic carbocycles. The molecule has 0 unspecified atom stereocenters. The number of carbonyl (C=O) groups excluding carboxylic acids is 1. The van der Waals surface area contributed by atoms with Crippen molar-refractivity contribution in [1.29, 1.82) is 0 Å². The van der Waals surface area contributed by atoms with E-state index in [4.69, 9.17) is 4.74 Å². The average molecular weight is 283 g/mol. The summed E-state index contributed by atoms with van der Waals surface area (Å²) in [5, 5.41) is 3.44. The van der Waals surface area contributed by atoms with E-state index < -0.39 is 0 Å². The lowest BCUT2D eigenvalue weighted by atomic mass is 10.0. The van der Waals surface area contributed by atoms with Gasteiger partial charge < -0.3 is 10.1 Å². The van der Waals surface area contributed by atoms with Crippen molar-refractivity contribution in [3.63, 3.8) is 0 Å². The molecule has 0 fully saturated rings. The van der Waals surface area contributed by atoms with Crippen molar-refractivity contribution in [2.45, 2.75) is 27.3 Å². The molecule has 2 rings (SSSR count). The van der Waals surface area contributed by atoms with Crippen LogP contribution in [-0.2, 0) is 11.3 Å². The highest BCUT2D eigenvalue weighted by atomic mass is 16.5. The Labute approximate surface area is 126 Å². The van der Waals surface area contributed by atoms with Gasteiger partial charge in [0.05, 0.1) is 12.7 Å². The van der Waals surface area contributed by atoms with E-state index >= 15 is 0 Å². The van der Waals surface area contributed by atoms with E-state index in [-0.39, 0.29) is 5.97 Å². The highest BCUT2D eigenvalue weighted by molar-refractivity contribution is 5.91. The molecule has 21 heavy (non-hydrogen) atoms. The minimum atomic E-state index is -0.301. The zero-order valence-corrected chi connectivity index (χ0v) is 13.0. The van der Waals surface area contributed by atoms with E-state index in [1.165, 1.54) is 23.8 Å². The van der Waals surface area contributed by atoms with Crippen molar-refractivity contribution in [2.24, 2.45) is 0 Å². The smallest absolute Gasteiger partial charge is 0.338 e. The molecule has 3 heteroatoms. The molecule has 110 valence electrons. The topological polar surface area (TPSA) is 38.3 Å². The third-order valence-corrected chi connectivity index (χ3v) is 3.56. The number of anilines is 1. The Balaban J connectivity index is 2.23. The molecule has 1 N–H and O–H groups in total. The van der Waals surface area contributed by atoms with Crippen LogP contribution in [0.5, 0.6) is 0 Å². The summed E-state index contributed by atoms with van der Waals surface area (Å²) in [5.41, 5.74) is 6.34. The Kier molecular flexibility index (Phi) is 4.63. The molecule has 0 spiro atoms. The maximum Gasteiger partial charge on any atom is 0.338 e. The lowest BCUT2D eigenvalue weighted by molar-refractivity contribution is 0.0599. The molecule has 0 saturated heterocycles. The fourth-order valence-corrected chi connectivity index (χ4v) is 2.63. The lowest BCUT2D eigenvalue weighted by Gasteiger charge is -2.15. The monoisotopic (exact) mass is 283 g/mol. The number of hydrogen-bond donors (Lipinski definition) is 1. The van der Waals surface area contributed by atoms with Crippen LogP contribution in [0.25, 0.3) is 0 Å². The Morgan fingerprint density at radius 2 is 1.71 bits per heavy atom. The molecule has 0 atom stereocenters. The van der Waals surface area contributed by atoms with Gasteiger partial charge in [-0.25, -0.2) is 4.79 Å². The zero-order valence-electron chi connectivity index (χ0n) is 13.0. The van der Waals surface area contributed by atoms with Crippen LogP contribution in [0.2, 0.25) is 0 Å². The molecule has 2 aromatic carbocycles. The normalized spacial score (nSPS) is 10.3. The molecule has 0 saturated carbocycles. The third-order valence-electron chi connectivity index (χ3n) is 3.56. The Morgan fingerprint density at radius 1 is 1.10 bits per heavy atom. The number of esters is 1. The molecule has 3 nitrogen and oxygen atoms in total. The summed E-state index contributed by atoms with van der Waals surface area (Å²) in [5.74, 6) is -0.301. The maximum atomic E-state index is 11.8. The van der Waals surface area contributed by atoms with E-state index in [0.717, 1.165) is 11.3 Å². The molecule has 0 radical (unpaired) electrons. The van der Waals surface area contributed by atoms with Gasteiger partial charge in [0.25, 0.3) is 0 Å². The van der Waals surface area contributed by atoms with Gasteiger partial charge in [-0.3, -0.25) is 0 Å². The second-order valence-corrected chi connectivity index (χ2v) is 5.28. The van der Waals surface area contributed by atoms with Crippen molar-refractivity contribution < 1.29 is 9.53 Å². The van der Waals surface area contributed by atoms with E-state index in [2.05, 4.69) is 38.2 Å². The molecular weight excluding hydrogens is 262 g/mol. The Morgan fingerprint density at radius 3 is 2.33 bits per heavy atom. The van der Waals surface area contributed by atoms with E-state index in [1.807, 2.05) is 18.2 Å². The summed E-state index contributed by atoms with van der Waals surface area (Å²) in [6.45, 7) is 6.87. The second kappa shape index (κ2) is 6.44. The van der Waals surface area contributed by atoms with E-state index in [1.54, 1.807) is 6.07 Å². The second-order valence-electron chi connectivity index (χ2n) is 5.28. The first-order valence-electron chi connectivity index (χ1n) is 7.01. The van der Waals surface area contributed by atoms with E-state index in [9.17, 15) is 4.79 Å². The zero-order chi connectivity index (χ0) is 15.4. The first kappa shape index (κ1) is 15.1. The standard InChI is InChI=1S/C18H21NO2/c1-12-9-13(2)17(14(3)10-12)19-11-15-7-5-6-8-16(15)18(20)21-4/h5-10,19H,11H2,1-4H3. The molecular formula is C18H21NO2. The third kappa shape index (κ3) is 3.43. The SMILES string of the molecule is COC(=O)c1ccccc1CNc1c(C)cc(C)cc1C. The van der Waals surface area contributed by atoms with Crippen LogP contribution >= 0.6 is 0 Å². The van der Waals surface area contributed by atoms with Crippen LogP contribution in [0.3, 0.4) is 0 Å². The predicted octanol–water partition coefficient (Wildman–Crippen LogP) is 4.01. The summed E-state index contributed by atoms with van der Waals surface area (Å²) < 4.78 is 4.83. The number of aryl methyl sites for hydroxylation is 3. The molecule has 0 amide bonds. The van der Waals surface area contributed by atoms with Crippen LogP contribution in [-0.4, -0.2) is 13.1 Å². The van der Waals surface area contributed by atoms with Gasteiger partial charge in [0, 0.05) is 12.2 Å². The molecule has 0 aliphatic rings. The van der Waals surface area contributed by atoms with Crippen LogP contribution < -0.4 is 5.32 Å². The molecule has 0 aromatic heterocycles. The van der Waals surface area contributed by atoms with Gasteiger partial charge >= 0.3 is 5.97 Å². The van der Waals surface area contributed by atoms with Gasteiger partial charge in [-0.05, 0) is 43.5 Å². The number of ether oxygens (including phenoxy) is 1. The Hall–Kier alpha value is -2.29. The first-order chi connectivity index (χ1) is 10.0. The summed E-state index contributed by atoms with van der Waals surface area (Å²) in [6, 6.07) is 11.8. The van der Waals surface area contributed by atoms with Gasteiger partial charge in [0.15, 0.2) is 0 Å². The van der Waals surface area contributed by atoms with Crippen molar-refractivity contribution in [1.82, 2.24) is 0 Å². The summed E-state index contributed by atoms with van der Waals surface area (Å²) in [7, 11) is 1.40. The van der Waals surface area contributed by atoms with Crippen LogP contribution in [0.4, 0.5) is 5.69 Å². The number of methoxy groups -OCH3 is 1. The maximum absolute atomic E-state index is 11.8. The highest BCUT2D eigenvalue weighted by Crippen LogP contribution is 2.23. The largest absolute Gasteiger partial charge is 0.465 e. The van der Waals surface area contributed by atoms with E-state index in [0.29, 0.717) is 12.1 Å². The molecule has 2 aromatic rings. The summed E-state index contributed by atoms with van der Waals surface area (Å²) in [4.78, 5) is 11.8. The molecule has 0 heterocycles. The number of nitrogens with one attached hydrogen (secondary N) is 1. The van der Waals surface area contributed by atoms with Crippen LogP contribution in [0, 0.1) is 20.8 Å². The lowest BCUT2D eigenvalue weighted by Crippen LogP contribution is -2.10. The quantitative estimate of drug-likeness (QED) is 0.862. The van der Waals surface area contributed by atoms with Crippen molar-refractivity contribution in [2.75, 3.05) is 12.4 Å². The van der Waals surface area contributed by atoms with Crippen LogP contribution in [0.15, 0.2) is 36.4 Å². The van der Waals surface area contributed by atoms with Gasteiger partial charge in [0.2, 0.25) is 0 Å². The highest BCUT2D eigenvalue weighted by Gasteiger charge is 2.11. The molecule has 0 aliphatic heterocycles. The fraction of sp³-hybridized carbons (Fsp3) is 0.278. The minimum absolute atomic E-state index is 0.301. The minimum Gasteiger partial charge on any atom is -0.465 e. The van der Waals surface area contributed by atoms with Gasteiger partial charge in [-0.15, -0.1) is 0 Å². The first-order valence-corrected chi connectivity index (χ1v) is 7.01. The number of hydrogen-bond acceptors (Lipinski definition) is 3. The van der Waals surface area contributed by atoms with Crippen molar-refractivity contribution in [3.8, 4) is 0 Å². The number of rotatable bonds is 4. The number of carbonyl (C=O) groups is 1. The average Bonchev–Trinajstić information content (AvgIpc) is 2.45. The van der Waals surface area contributed by atoms with Crippen molar-refractivity contribution in [3.05, 3.63) is 64.2 Å². The molecule has 0 bridgehead atoms.